The van der Waals surface area contributed by atoms with Crippen molar-refractivity contribution in [3.8, 4) is 0 Å². The SMILES string of the molecule is Cc1cccc(N2CCN(C(=O)CCc3ccnc(N4CCOCC4)c3)CC2)c1. The van der Waals surface area contributed by atoms with Gasteiger partial charge in [-0.3, -0.25) is 4.79 Å². The average Bonchev–Trinajstić information content (AvgIpc) is 2.78. The first kappa shape index (κ1) is 19.7. The molecule has 0 bridgehead atoms. The maximum Gasteiger partial charge on any atom is 0.223 e. The summed E-state index contributed by atoms with van der Waals surface area (Å²) in [7, 11) is 0. The smallest absolute Gasteiger partial charge is 0.223 e. The van der Waals surface area contributed by atoms with Gasteiger partial charge in [0.05, 0.1) is 13.2 Å². The molecular formula is C23H30N4O2. The highest BCUT2D eigenvalue weighted by atomic mass is 16.5. The van der Waals surface area contributed by atoms with E-state index in [9.17, 15) is 4.79 Å². The summed E-state index contributed by atoms with van der Waals surface area (Å²) >= 11 is 0. The molecule has 1 aromatic heterocycles. The van der Waals surface area contributed by atoms with Crippen molar-refractivity contribution in [2.75, 3.05) is 62.3 Å². The molecule has 2 aromatic rings. The maximum atomic E-state index is 12.7. The Morgan fingerprint density at radius 2 is 1.79 bits per heavy atom. The Morgan fingerprint density at radius 1 is 1.00 bits per heavy atom. The number of piperazine rings is 1. The second-order valence-corrected chi connectivity index (χ2v) is 7.83. The number of amides is 1. The average molecular weight is 395 g/mol. The molecule has 3 heterocycles. The van der Waals surface area contributed by atoms with E-state index < -0.39 is 0 Å². The third-order valence-corrected chi connectivity index (χ3v) is 5.77. The fraction of sp³-hybridized carbons (Fsp3) is 0.478. The van der Waals surface area contributed by atoms with E-state index >= 15 is 0 Å². The fourth-order valence-corrected chi connectivity index (χ4v) is 4.03. The van der Waals surface area contributed by atoms with Crippen LogP contribution in [0.5, 0.6) is 0 Å². The van der Waals surface area contributed by atoms with Gasteiger partial charge in [-0.05, 0) is 48.7 Å². The predicted molar refractivity (Wildman–Crippen MR) is 116 cm³/mol. The third-order valence-electron chi connectivity index (χ3n) is 5.77. The molecule has 154 valence electrons. The lowest BCUT2D eigenvalue weighted by Crippen LogP contribution is -2.48. The lowest BCUT2D eigenvalue weighted by Gasteiger charge is -2.36. The second-order valence-electron chi connectivity index (χ2n) is 7.83. The molecule has 4 rings (SSSR count). The van der Waals surface area contributed by atoms with Crippen molar-refractivity contribution in [3.05, 3.63) is 53.7 Å². The molecule has 0 spiro atoms. The Labute approximate surface area is 173 Å². The quantitative estimate of drug-likeness (QED) is 0.780. The molecule has 0 N–H and O–H groups in total. The number of hydrogen-bond acceptors (Lipinski definition) is 5. The van der Waals surface area contributed by atoms with E-state index in [1.165, 1.54) is 16.8 Å². The molecule has 2 aliphatic heterocycles. The van der Waals surface area contributed by atoms with Gasteiger partial charge in [-0.2, -0.15) is 0 Å². The van der Waals surface area contributed by atoms with Gasteiger partial charge in [-0.1, -0.05) is 12.1 Å². The van der Waals surface area contributed by atoms with Crippen LogP contribution in [0.1, 0.15) is 17.5 Å². The molecule has 0 unspecified atom stereocenters. The van der Waals surface area contributed by atoms with E-state index in [-0.39, 0.29) is 5.91 Å². The van der Waals surface area contributed by atoms with Crippen molar-refractivity contribution in [3.63, 3.8) is 0 Å². The van der Waals surface area contributed by atoms with Gasteiger partial charge in [0.2, 0.25) is 5.91 Å². The van der Waals surface area contributed by atoms with E-state index in [4.69, 9.17) is 4.74 Å². The van der Waals surface area contributed by atoms with Crippen LogP contribution >= 0.6 is 0 Å². The standard InChI is InChI=1S/C23H30N4O2/c1-19-3-2-4-21(17-19)25-9-11-27(12-10-25)23(28)6-5-20-7-8-24-22(18-20)26-13-15-29-16-14-26/h2-4,7-8,17-18H,5-6,9-16H2,1H3. The summed E-state index contributed by atoms with van der Waals surface area (Å²) in [6.07, 6.45) is 3.17. The number of pyridine rings is 1. The largest absolute Gasteiger partial charge is 0.378 e. The van der Waals surface area contributed by atoms with Gasteiger partial charge in [0.15, 0.2) is 0 Å². The fourth-order valence-electron chi connectivity index (χ4n) is 4.03. The van der Waals surface area contributed by atoms with Gasteiger partial charge in [-0.15, -0.1) is 0 Å². The van der Waals surface area contributed by atoms with Crippen LogP contribution < -0.4 is 9.80 Å². The molecule has 2 saturated heterocycles. The van der Waals surface area contributed by atoms with E-state index in [0.717, 1.165) is 64.7 Å². The van der Waals surface area contributed by atoms with Crippen molar-refractivity contribution < 1.29 is 9.53 Å². The summed E-state index contributed by atoms with van der Waals surface area (Å²) in [4.78, 5) is 23.8. The van der Waals surface area contributed by atoms with Crippen LogP contribution in [0.2, 0.25) is 0 Å². The van der Waals surface area contributed by atoms with Gasteiger partial charge in [0, 0.05) is 57.6 Å². The minimum absolute atomic E-state index is 0.249. The van der Waals surface area contributed by atoms with Crippen molar-refractivity contribution >= 4 is 17.4 Å². The van der Waals surface area contributed by atoms with Gasteiger partial charge in [0.1, 0.15) is 5.82 Å². The highest BCUT2D eigenvalue weighted by molar-refractivity contribution is 5.77. The third kappa shape index (κ3) is 5.07. The molecule has 6 nitrogen and oxygen atoms in total. The highest BCUT2D eigenvalue weighted by Gasteiger charge is 2.21. The van der Waals surface area contributed by atoms with Crippen LogP contribution in [0.25, 0.3) is 0 Å². The lowest BCUT2D eigenvalue weighted by atomic mass is 10.1. The number of aryl methyl sites for hydroxylation is 2. The van der Waals surface area contributed by atoms with Gasteiger partial charge >= 0.3 is 0 Å². The number of anilines is 2. The molecule has 0 aliphatic carbocycles. The summed E-state index contributed by atoms with van der Waals surface area (Å²) in [6.45, 7) is 8.74. The molecule has 2 fully saturated rings. The molecule has 2 aliphatic rings. The number of rotatable bonds is 5. The zero-order valence-electron chi connectivity index (χ0n) is 17.2. The number of carbonyl (C=O) groups is 1. The molecule has 6 heteroatoms. The van der Waals surface area contributed by atoms with Crippen LogP contribution in [0.15, 0.2) is 42.6 Å². The number of nitrogens with zero attached hydrogens (tertiary/aromatic N) is 4. The van der Waals surface area contributed by atoms with E-state index in [2.05, 4.69) is 52.0 Å². The maximum absolute atomic E-state index is 12.7. The number of carbonyl (C=O) groups excluding carboxylic acids is 1. The van der Waals surface area contributed by atoms with Gasteiger partial charge in [0.25, 0.3) is 0 Å². The van der Waals surface area contributed by atoms with Crippen LogP contribution in [0, 0.1) is 6.92 Å². The normalized spacial score (nSPS) is 17.5. The van der Waals surface area contributed by atoms with Crippen molar-refractivity contribution in [2.45, 2.75) is 19.8 Å². The topological polar surface area (TPSA) is 48.9 Å². The molecule has 1 amide bonds. The van der Waals surface area contributed by atoms with Crippen LogP contribution in [0.3, 0.4) is 0 Å². The van der Waals surface area contributed by atoms with E-state index in [1.807, 2.05) is 17.2 Å². The summed E-state index contributed by atoms with van der Waals surface area (Å²) < 4.78 is 5.42. The Balaban J connectivity index is 1.27. The minimum Gasteiger partial charge on any atom is -0.378 e. The lowest BCUT2D eigenvalue weighted by molar-refractivity contribution is -0.131. The number of benzene rings is 1. The first-order valence-corrected chi connectivity index (χ1v) is 10.6. The summed E-state index contributed by atoms with van der Waals surface area (Å²) in [6, 6.07) is 12.7. The molecule has 1 aromatic carbocycles. The second kappa shape index (κ2) is 9.27. The van der Waals surface area contributed by atoms with Crippen LogP contribution in [0.4, 0.5) is 11.5 Å². The van der Waals surface area contributed by atoms with Gasteiger partial charge < -0.3 is 19.4 Å². The Bertz CT molecular complexity index is 827. The first-order valence-electron chi connectivity index (χ1n) is 10.6. The Hall–Kier alpha value is -2.60. The molecular weight excluding hydrogens is 364 g/mol. The Morgan fingerprint density at radius 3 is 2.55 bits per heavy atom. The number of morpholine rings is 1. The van der Waals surface area contributed by atoms with Crippen LogP contribution in [-0.2, 0) is 16.0 Å². The number of ether oxygens (including phenoxy) is 1. The summed E-state index contributed by atoms with van der Waals surface area (Å²) in [5, 5.41) is 0. The molecule has 0 saturated carbocycles. The minimum atomic E-state index is 0.249. The van der Waals surface area contributed by atoms with E-state index in [0.29, 0.717) is 6.42 Å². The number of hydrogen-bond donors (Lipinski definition) is 0. The molecule has 0 atom stereocenters. The zero-order chi connectivity index (χ0) is 20.1. The van der Waals surface area contributed by atoms with E-state index in [1.54, 1.807) is 0 Å². The van der Waals surface area contributed by atoms with Crippen LogP contribution in [-0.4, -0.2) is 68.3 Å². The van der Waals surface area contributed by atoms with Crippen molar-refractivity contribution in [1.82, 2.24) is 9.88 Å². The van der Waals surface area contributed by atoms with Crippen molar-refractivity contribution in [1.29, 1.82) is 0 Å². The first-order chi connectivity index (χ1) is 14.2. The molecule has 29 heavy (non-hydrogen) atoms. The Kier molecular flexibility index (Phi) is 6.30. The summed E-state index contributed by atoms with van der Waals surface area (Å²) in [5.41, 5.74) is 3.70. The summed E-state index contributed by atoms with van der Waals surface area (Å²) in [5.74, 6) is 1.24. The monoisotopic (exact) mass is 394 g/mol. The van der Waals surface area contributed by atoms with Gasteiger partial charge in [-0.25, -0.2) is 4.98 Å². The van der Waals surface area contributed by atoms with Crippen molar-refractivity contribution in [2.24, 2.45) is 0 Å². The predicted octanol–water partition coefficient (Wildman–Crippen LogP) is 2.51. The highest BCUT2D eigenvalue weighted by Crippen LogP contribution is 2.19. The molecule has 0 radical (unpaired) electrons. The number of aromatic nitrogens is 1. The zero-order valence-corrected chi connectivity index (χ0v) is 17.2.